The van der Waals surface area contributed by atoms with Gasteiger partial charge in [0.1, 0.15) is 5.15 Å². The van der Waals surface area contributed by atoms with Gasteiger partial charge in [-0.1, -0.05) is 25.4 Å². The van der Waals surface area contributed by atoms with E-state index in [2.05, 4.69) is 9.97 Å². The monoisotopic (exact) mass is 220 g/mol. The van der Waals surface area contributed by atoms with E-state index in [0.29, 0.717) is 5.69 Å². The molecule has 1 aromatic rings. The van der Waals surface area contributed by atoms with Crippen molar-refractivity contribution in [2.45, 2.75) is 32.6 Å². The Morgan fingerprint density at radius 3 is 2.36 bits per heavy atom. The standard InChI is InChI=1S/C9H11ClF2N2/c1-5(2)6-4-7(10)14-8(13-6)9(3,11)12/h4-5H,1-3H3. The van der Waals surface area contributed by atoms with E-state index in [-0.39, 0.29) is 11.1 Å². The fraction of sp³-hybridized carbons (Fsp3) is 0.556. The molecule has 0 N–H and O–H groups in total. The predicted molar refractivity (Wildman–Crippen MR) is 50.7 cm³/mol. The first-order valence-corrected chi connectivity index (χ1v) is 4.61. The molecule has 0 fully saturated rings. The molecule has 0 atom stereocenters. The van der Waals surface area contributed by atoms with Crippen molar-refractivity contribution in [2.24, 2.45) is 0 Å². The van der Waals surface area contributed by atoms with Gasteiger partial charge in [0.2, 0.25) is 0 Å². The average Bonchev–Trinajstić information content (AvgIpc) is 2.01. The Morgan fingerprint density at radius 1 is 1.36 bits per heavy atom. The van der Waals surface area contributed by atoms with Crippen LogP contribution in [0.1, 0.15) is 38.2 Å². The van der Waals surface area contributed by atoms with Crippen LogP contribution in [0.4, 0.5) is 8.78 Å². The van der Waals surface area contributed by atoms with Crippen molar-refractivity contribution in [2.75, 3.05) is 0 Å². The fourth-order valence-corrected chi connectivity index (χ4v) is 1.12. The molecule has 78 valence electrons. The Hall–Kier alpha value is -0.770. The third kappa shape index (κ3) is 2.61. The number of halogens is 3. The van der Waals surface area contributed by atoms with E-state index in [1.807, 2.05) is 13.8 Å². The second-order valence-corrected chi connectivity index (χ2v) is 3.87. The first-order chi connectivity index (χ1) is 6.30. The molecule has 5 heteroatoms. The van der Waals surface area contributed by atoms with Crippen molar-refractivity contribution in [1.82, 2.24) is 9.97 Å². The Balaban J connectivity index is 3.21. The van der Waals surface area contributed by atoms with Crippen LogP contribution in [0, 0.1) is 0 Å². The summed E-state index contributed by atoms with van der Waals surface area (Å²) >= 11 is 5.62. The van der Waals surface area contributed by atoms with Crippen LogP contribution in [0.3, 0.4) is 0 Å². The number of aromatic nitrogens is 2. The lowest BCUT2D eigenvalue weighted by Gasteiger charge is -2.11. The maximum absolute atomic E-state index is 12.9. The maximum atomic E-state index is 12.9. The van der Waals surface area contributed by atoms with Gasteiger partial charge in [-0.3, -0.25) is 0 Å². The molecule has 0 aromatic carbocycles. The third-order valence-corrected chi connectivity index (χ3v) is 1.89. The van der Waals surface area contributed by atoms with Gasteiger partial charge in [0, 0.05) is 12.6 Å². The number of hydrogen-bond donors (Lipinski definition) is 0. The zero-order chi connectivity index (χ0) is 10.9. The molecule has 1 heterocycles. The number of hydrogen-bond acceptors (Lipinski definition) is 2. The molecule has 1 rings (SSSR count). The molecule has 0 saturated carbocycles. The second kappa shape index (κ2) is 3.77. The Labute approximate surface area is 86.3 Å². The fourth-order valence-electron chi connectivity index (χ4n) is 0.927. The zero-order valence-electron chi connectivity index (χ0n) is 8.18. The summed E-state index contributed by atoms with van der Waals surface area (Å²) in [5.41, 5.74) is 0.529. The van der Waals surface area contributed by atoms with Crippen molar-refractivity contribution in [3.05, 3.63) is 22.7 Å². The molecule has 0 aliphatic rings. The smallest absolute Gasteiger partial charge is 0.232 e. The SMILES string of the molecule is CC(C)c1cc(Cl)nc(C(C)(F)F)n1. The van der Waals surface area contributed by atoms with Crippen LogP contribution in [0.2, 0.25) is 5.15 Å². The Bertz CT molecular complexity index is 334. The topological polar surface area (TPSA) is 25.8 Å². The second-order valence-electron chi connectivity index (χ2n) is 3.48. The molecular weight excluding hydrogens is 210 g/mol. The summed E-state index contributed by atoms with van der Waals surface area (Å²) in [7, 11) is 0. The summed E-state index contributed by atoms with van der Waals surface area (Å²) < 4.78 is 25.8. The zero-order valence-corrected chi connectivity index (χ0v) is 8.94. The van der Waals surface area contributed by atoms with E-state index in [0.717, 1.165) is 6.92 Å². The summed E-state index contributed by atoms with van der Waals surface area (Å²) in [5, 5.41) is 0.0558. The molecule has 0 aliphatic heterocycles. The minimum Gasteiger partial charge on any atom is -0.232 e. The van der Waals surface area contributed by atoms with Gasteiger partial charge in [-0.15, -0.1) is 0 Å². The van der Waals surface area contributed by atoms with Crippen LogP contribution in [-0.4, -0.2) is 9.97 Å². The quantitative estimate of drug-likeness (QED) is 0.715. The molecule has 2 nitrogen and oxygen atoms in total. The van der Waals surface area contributed by atoms with Gasteiger partial charge in [0.25, 0.3) is 0 Å². The first-order valence-electron chi connectivity index (χ1n) is 4.23. The number of alkyl halides is 2. The van der Waals surface area contributed by atoms with Crippen LogP contribution in [0.5, 0.6) is 0 Å². The van der Waals surface area contributed by atoms with Crippen LogP contribution in [0.25, 0.3) is 0 Å². The van der Waals surface area contributed by atoms with E-state index in [9.17, 15) is 8.78 Å². The van der Waals surface area contributed by atoms with Crippen molar-refractivity contribution in [3.63, 3.8) is 0 Å². The molecule has 0 unspecified atom stereocenters. The molecule has 1 aromatic heterocycles. The summed E-state index contributed by atoms with van der Waals surface area (Å²) in [6, 6.07) is 1.50. The molecule has 0 radical (unpaired) electrons. The maximum Gasteiger partial charge on any atom is 0.303 e. The normalized spacial score (nSPS) is 12.2. The van der Waals surface area contributed by atoms with Crippen molar-refractivity contribution < 1.29 is 8.78 Å². The minimum atomic E-state index is -3.05. The van der Waals surface area contributed by atoms with Crippen molar-refractivity contribution >= 4 is 11.6 Å². The lowest BCUT2D eigenvalue weighted by Crippen LogP contribution is -2.14. The van der Waals surface area contributed by atoms with Gasteiger partial charge in [-0.2, -0.15) is 8.78 Å². The van der Waals surface area contributed by atoms with Crippen LogP contribution < -0.4 is 0 Å². The van der Waals surface area contributed by atoms with Gasteiger partial charge in [0.15, 0.2) is 5.82 Å². The Kier molecular flexibility index (Phi) is 3.04. The molecule has 0 aliphatic carbocycles. The largest absolute Gasteiger partial charge is 0.303 e. The van der Waals surface area contributed by atoms with Crippen molar-refractivity contribution in [1.29, 1.82) is 0 Å². The molecule has 0 bridgehead atoms. The molecular formula is C9H11ClF2N2. The molecule has 0 amide bonds. The highest BCUT2D eigenvalue weighted by Crippen LogP contribution is 2.26. The van der Waals surface area contributed by atoms with E-state index in [1.165, 1.54) is 6.07 Å². The van der Waals surface area contributed by atoms with Gasteiger partial charge >= 0.3 is 5.92 Å². The Morgan fingerprint density at radius 2 is 1.93 bits per heavy atom. The lowest BCUT2D eigenvalue weighted by atomic mass is 10.1. The van der Waals surface area contributed by atoms with Crippen LogP contribution in [0.15, 0.2) is 6.07 Å². The highest BCUT2D eigenvalue weighted by molar-refractivity contribution is 6.29. The first kappa shape index (κ1) is 11.3. The lowest BCUT2D eigenvalue weighted by molar-refractivity contribution is 0.00742. The average molecular weight is 221 g/mol. The highest BCUT2D eigenvalue weighted by Gasteiger charge is 2.29. The van der Waals surface area contributed by atoms with Crippen LogP contribution >= 0.6 is 11.6 Å². The molecule has 0 saturated heterocycles. The van der Waals surface area contributed by atoms with E-state index >= 15 is 0 Å². The van der Waals surface area contributed by atoms with Gasteiger partial charge in [-0.25, -0.2) is 9.97 Å². The number of rotatable bonds is 2. The summed E-state index contributed by atoms with van der Waals surface area (Å²) in [6.45, 7) is 4.47. The van der Waals surface area contributed by atoms with E-state index in [1.54, 1.807) is 0 Å². The van der Waals surface area contributed by atoms with E-state index in [4.69, 9.17) is 11.6 Å². The van der Waals surface area contributed by atoms with Crippen LogP contribution in [-0.2, 0) is 5.92 Å². The van der Waals surface area contributed by atoms with Gasteiger partial charge in [0.05, 0.1) is 0 Å². The summed E-state index contributed by atoms with van der Waals surface area (Å²) in [6.07, 6.45) is 0. The highest BCUT2D eigenvalue weighted by atomic mass is 35.5. The minimum absolute atomic E-state index is 0.0524. The van der Waals surface area contributed by atoms with Gasteiger partial charge in [-0.05, 0) is 12.0 Å². The van der Waals surface area contributed by atoms with E-state index < -0.39 is 11.7 Å². The molecule has 0 spiro atoms. The summed E-state index contributed by atoms with van der Waals surface area (Å²) in [5.74, 6) is -3.51. The van der Waals surface area contributed by atoms with Gasteiger partial charge < -0.3 is 0 Å². The summed E-state index contributed by atoms with van der Waals surface area (Å²) in [4.78, 5) is 7.25. The molecule has 14 heavy (non-hydrogen) atoms. The van der Waals surface area contributed by atoms with Crippen molar-refractivity contribution in [3.8, 4) is 0 Å². The predicted octanol–water partition coefficient (Wildman–Crippen LogP) is 3.37. The number of nitrogens with zero attached hydrogens (tertiary/aromatic N) is 2. The third-order valence-electron chi connectivity index (χ3n) is 1.70.